The molecule has 7 heteroatoms. The molecule has 0 aromatic heterocycles. The first-order valence-corrected chi connectivity index (χ1v) is 13.4. The van der Waals surface area contributed by atoms with Crippen molar-refractivity contribution in [2.75, 3.05) is 23.3 Å². The molecule has 0 spiro atoms. The summed E-state index contributed by atoms with van der Waals surface area (Å²) in [6, 6.07) is 19.7. The SMILES string of the molecule is CC(C)(C)NCCC1CCCN(C(=O)c2ccc(NC(=O)c3ccccc3Cl)cc2)c2ccc(Cl)cc21. The van der Waals surface area contributed by atoms with Crippen LogP contribution in [0.25, 0.3) is 0 Å². The molecular formula is C30H33Cl2N3O2. The Kier molecular flexibility index (Phi) is 8.58. The fourth-order valence-corrected chi connectivity index (χ4v) is 5.10. The third-order valence-electron chi connectivity index (χ3n) is 6.56. The lowest BCUT2D eigenvalue weighted by atomic mass is 9.90. The van der Waals surface area contributed by atoms with E-state index in [2.05, 4.69) is 31.4 Å². The molecule has 0 bridgehead atoms. The van der Waals surface area contributed by atoms with E-state index < -0.39 is 0 Å². The van der Waals surface area contributed by atoms with Crippen molar-refractivity contribution in [1.29, 1.82) is 0 Å². The number of amides is 2. The van der Waals surface area contributed by atoms with Gasteiger partial charge in [-0.15, -0.1) is 0 Å². The van der Waals surface area contributed by atoms with E-state index in [0.717, 1.165) is 37.1 Å². The first-order chi connectivity index (χ1) is 17.6. The van der Waals surface area contributed by atoms with Crippen LogP contribution in [0.1, 0.15) is 72.2 Å². The molecule has 1 aliphatic heterocycles. The monoisotopic (exact) mass is 537 g/mol. The number of halogens is 2. The molecule has 0 saturated carbocycles. The molecule has 37 heavy (non-hydrogen) atoms. The van der Waals surface area contributed by atoms with E-state index in [-0.39, 0.29) is 17.4 Å². The quantitative estimate of drug-likeness (QED) is 0.341. The third kappa shape index (κ3) is 6.92. The van der Waals surface area contributed by atoms with E-state index in [4.69, 9.17) is 23.2 Å². The van der Waals surface area contributed by atoms with E-state index in [1.54, 1.807) is 48.5 Å². The Labute approximate surface area is 229 Å². The van der Waals surface area contributed by atoms with Gasteiger partial charge in [0.1, 0.15) is 0 Å². The van der Waals surface area contributed by atoms with Crippen LogP contribution in [0, 0.1) is 0 Å². The first-order valence-electron chi connectivity index (χ1n) is 12.6. The second kappa shape index (κ2) is 11.7. The Morgan fingerprint density at radius 1 is 1.00 bits per heavy atom. The zero-order valence-electron chi connectivity index (χ0n) is 21.5. The molecule has 3 aromatic rings. The Bertz CT molecular complexity index is 1270. The average molecular weight is 539 g/mol. The molecule has 1 unspecified atom stereocenters. The average Bonchev–Trinajstić information content (AvgIpc) is 3.03. The van der Waals surface area contributed by atoms with Gasteiger partial charge >= 0.3 is 0 Å². The van der Waals surface area contributed by atoms with E-state index in [1.165, 1.54) is 0 Å². The minimum atomic E-state index is -0.296. The molecule has 2 N–H and O–H groups in total. The van der Waals surface area contributed by atoms with Crippen LogP contribution in [0.4, 0.5) is 11.4 Å². The molecule has 5 nitrogen and oxygen atoms in total. The van der Waals surface area contributed by atoms with Gasteiger partial charge in [0.05, 0.1) is 10.6 Å². The highest BCUT2D eigenvalue weighted by molar-refractivity contribution is 6.34. The minimum Gasteiger partial charge on any atom is -0.322 e. The van der Waals surface area contributed by atoms with Crippen molar-refractivity contribution in [1.82, 2.24) is 5.32 Å². The topological polar surface area (TPSA) is 61.4 Å². The van der Waals surface area contributed by atoms with Crippen molar-refractivity contribution in [2.45, 2.75) is 51.5 Å². The van der Waals surface area contributed by atoms with Gasteiger partial charge in [0.25, 0.3) is 11.8 Å². The van der Waals surface area contributed by atoms with Gasteiger partial charge in [0.15, 0.2) is 0 Å². The number of nitrogens with one attached hydrogen (secondary N) is 2. The summed E-state index contributed by atoms with van der Waals surface area (Å²) in [4.78, 5) is 28.1. The number of anilines is 2. The van der Waals surface area contributed by atoms with Crippen LogP contribution in [0.3, 0.4) is 0 Å². The number of carbonyl (C=O) groups is 2. The second-order valence-electron chi connectivity index (χ2n) is 10.5. The van der Waals surface area contributed by atoms with Crippen LogP contribution >= 0.6 is 23.2 Å². The Morgan fingerprint density at radius 3 is 2.43 bits per heavy atom. The van der Waals surface area contributed by atoms with Gasteiger partial charge < -0.3 is 15.5 Å². The number of nitrogens with zero attached hydrogens (tertiary/aromatic N) is 1. The summed E-state index contributed by atoms with van der Waals surface area (Å²) in [7, 11) is 0. The third-order valence-corrected chi connectivity index (χ3v) is 7.12. The summed E-state index contributed by atoms with van der Waals surface area (Å²) < 4.78 is 0. The summed E-state index contributed by atoms with van der Waals surface area (Å²) >= 11 is 12.5. The van der Waals surface area contributed by atoms with E-state index in [0.29, 0.717) is 39.3 Å². The van der Waals surface area contributed by atoms with E-state index in [1.807, 2.05) is 23.1 Å². The molecule has 194 valence electrons. The predicted molar refractivity (Wildman–Crippen MR) is 153 cm³/mol. The molecule has 4 rings (SSSR count). The number of benzene rings is 3. The highest BCUT2D eigenvalue weighted by atomic mass is 35.5. The lowest BCUT2D eigenvalue weighted by Gasteiger charge is -2.26. The molecule has 2 amide bonds. The highest BCUT2D eigenvalue weighted by Crippen LogP contribution is 2.38. The van der Waals surface area contributed by atoms with Crippen molar-refractivity contribution >= 4 is 46.4 Å². The largest absolute Gasteiger partial charge is 0.322 e. The highest BCUT2D eigenvalue weighted by Gasteiger charge is 2.27. The lowest BCUT2D eigenvalue weighted by molar-refractivity contribution is 0.0985. The molecule has 1 aliphatic rings. The van der Waals surface area contributed by atoms with Crippen LogP contribution in [0.15, 0.2) is 66.7 Å². The van der Waals surface area contributed by atoms with Gasteiger partial charge in [-0.2, -0.15) is 0 Å². The Morgan fingerprint density at radius 2 is 1.73 bits per heavy atom. The van der Waals surface area contributed by atoms with Crippen molar-refractivity contribution in [3.8, 4) is 0 Å². The zero-order chi connectivity index (χ0) is 26.6. The van der Waals surface area contributed by atoms with Gasteiger partial charge in [0.2, 0.25) is 0 Å². The fraction of sp³-hybridized carbons (Fsp3) is 0.333. The Hall–Kier alpha value is -2.86. The molecule has 0 fully saturated rings. The maximum absolute atomic E-state index is 13.6. The summed E-state index contributed by atoms with van der Waals surface area (Å²) in [6.45, 7) is 8.04. The van der Waals surface area contributed by atoms with Crippen molar-refractivity contribution in [3.63, 3.8) is 0 Å². The van der Waals surface area contributed by atoms with Gasteiger partial charge in [-0.3, -0.25) is 9.59 Å². The number of rotatable bonds is 6. The van der Waals surface area contributed by atoms with Crippen molar-refractivity contribution < 1.29 is 9.59 Å². The molecular weight excluding hydrogens is 505 g/mol. The van der Waals surface area contributed by atoms with Crippen LogP contribution in [-0.2, 0) is 0 Å². The maximum atomic E-state index is 13.6. The van der Waals surface area contributed by atoms with Crippen molar-refractivity contribution in [2.24, 2.45) is 0 Å². The number of carbonyl (C=O) groups excluding carboxylic acids is 2. The molecule has 3 aromatic carbocycles. The van der Waals surface area contributed by atoms with Crippen LogP contribution in [0.5, 0.6) is 0 Å². The van der Waals surface area contributed by atoms with E-state index in [9.17, 15) is 9.59 Å². The predicted octanol–water partition coefficient (Wildman–Crippen LogP) is 7.55. The summed E-state index contributed by atoms with van der Waals surface area (Å²) in [5.41, 5.74) is 3.65. The second-order valence-corrected chi connectivity index (χ2v) is 11.3. The molecule has 1 heterocycles. The van der Waals surface area contributed by atoms with Gasteiger partial charge in [0, 0.05) is 34.0 Å². The smallest absolute Gasteiger partial charge is 0.258 e. The maximum Gasteiger partial charge on any atom is 0.258 e. The van der Waals surface area contributed by atoms with Gasteiger partial charge in [-0.1, -0.05) is 35.3 Å². The van der Waals surface area contributed by atoms with Crippen LogP contribution in [0.2, 0.25) is 10.0 Å². The fourth-order valence-electron chi connectivity index (χ4n) is 4.70. The van der Waals surface area contributed by atoms with Gasteiger partial charge in [-0.05, 0) is 113 Å². The molecule has 1 atom stereocenters. The summed E-state index contributed by atoms with van der Waals surface area (Å²) in [6.07, 6.45) is 2.88. The summed E-state index contributed by atoms with van der Waals surface area (Å²) in [5, 5.41) is 7.49. The molecule has 0 aliphatic carbocycles. The van der Waals surface area contributed by atoms with Crippen molar-refractivity contribution in [3.05, 3.63) is 93.5 Å². The van der Waals surface area contributed by atoms with Crippen LogP contribution in [-0.4, -0.2) is 30.4 Å². The summed E-state index contributed by atoms with van der Waals surface area (Å²) in [5.74, 6) is -0.0419. The number of fused-ring (bicyclic) bond motifs is 1. The molecule has 0 radical (unpaired) electrons. The lowest BCUT2D eigenvalue weighted by Crippen LogP contribution is -2.36. The normalized spacial score (nSPS) is 15.6. The number of hydrogen-bond acceptors (Lipinski definition) is 3. The van der Waals surface area contributed by atoms with Gasteiger partial charge in [-0.25, -0.2) is 0 Å². The first kappa shape index (κ1) is 27.2. The standard InChI is InChI=1S/C30H33Cl2N3O2/c1-30(2,3)33-17-16-20-7-6-18-35(27-15-12-22(31)19-25(20)27)29(37)21-10-13-23(14-11-21)34-28(36)24-8-4-5-9-26(24)32/h4-5,8-15,19-20,33H,6-7,16-18H2,1-3H3,(H,34,36). The van der Waals surface area contributed by atoms with E-state index >= 15 is 0 Å². The minimum absolute atomic E-state index is 0.0584. The molecule has 0 saturated heterocycles. The number of hydrogen-bond donors (Lipinski definition) is 2. The Balaban J connectivity index is 1.51. The zero-order valence-corrected chi connectivity index (χ0v) is 23.0. The van der Waals surface area contributed by atoms with Crippen LogP contribution < -0.4 is 15.5 Å².